The monoisotopic (exact) mass is 380 g/mol. The second-order valence-electron chi connectivity index (χ2n) is 7.38. The minimum atomic E-state index is -3.98. The number of carbonyl (C=O) groups excluding carboxylic acids is 1. The summed E-state index contributed by atoms with van der Waals surface area (Å²) in [6, 6.07) is 1.92. The van der Waals surface area contributed by atoms with Gasteiger partial charge < -0.3 is 10.0 Å². The van der Waals surface area contributed by atoms with Crippen LogP contribution in [0.15, 0.2) is 17.0 Å². The summed E-state index contributed by atoms with van der Waals surface area (Å²) in [6.07, 6.45) is 4.18. The molecule has 1 aromatic rings. The third-order valence-electron chi connectivity index (χ3n) is 5.78. The van der Waals surface area contributed by atoms with E-state index in [9.17, 15) is 23.1 Å². The number of carboxylic acids is 1. The van der Waals surface area contributed by atoms with Gasteiger partial charge in [-0.1, -0.05) is 12.8 Å². The highest BCUT2D eigenvalue weighted by Crippen LogP contribution is 2.40. The van der Waals surface area contributed by atoms with Gasteiger partial charge in [0, 0.05) is 11.6 Å². The molecule has 8 heteroatoms. The molecule has 1 aliphatic carbocycles. The van der Waals surface area contributed by atoms with Crippen LogP contribution in [0.2, 0.25) is 0 Å². The minimum Gasteiger partial charge on any atom is -0.480 e. The van der Waals surface area contributed by atoms with Crippen LogP contribution in [0.1, 0.15) is 53.6 Å². The fraction of sp³-hybridized carbons (Fsp3) is 0.556. The number of likely N-dealkylation sites (tertiary alicyclic amines) is 1. The maximum Gasteiger partial charge on any atom is 0.326 e. The molecule has 1 aliphatic heterocycles. The van der Waals surface area contributed by atoms with Crippen molar-refractivity contribution in [2.24, 2.45) is 11.1 Å². The quantitative estimate of drug-likeness (QED) is 0.829. The number of hydrogen-bond donors (Lipinski definition) is 2. The SMILES string of the molecule is Cc1cc(C(=O)N2[C@H](C(=O)O)C[C@@H]3CCCC[C@@H]32)cc(S(N)(=O)=O)c1C. The number of hydrogen-bond acceptors (Lipinski definition) is 4. The number of amides is 1. The molecular weight excluding hydrogens is 356 g/mol. The van der Waals surface area contributed by atoms with Gasteiger partial charge in [-0.05, 0) is 62.3 Å². The van der Waals surface area contributed by atoms with Crippen molar-refractivity contribution in [1.29, 1.82) is 0 Å². The molecule has 26 heavy (non-hydrogen) atoms. The number of benzene rings is 1. The molecule has 2 fully saturated rings. The van der Waals surface area contributed by atoms with Crippen LogP contribution in [-0.2, 0) is 14.8 Å². The number of nitrogens with two attached hydrogens (primary N) is 1. The summed E-state index contributed by atoms with van der Waals surface area (Å²) >= 11 is 0. The molecule has 2 aliphatic rings. The number of nitrogens with zero attached hydrogens (tertiary/aromatic N) is 1. The smallest absolute Gasteiger partial charge is 0.326 e. The summed E-state index contributed by atoms with van der Waals surface area (Å²) < 4.78 is 23.7. The molecule has 1 saturated heterocycles. The van der Waals surface area contributed by atoms with Crippen LogP contribution in [0.25, 0.3) is 0 Å². The number of fused-ring (bicyclic) bond motifs is 1. The molecule has 3 atom stereocenters. The molecular formula is C18H24N2O5S. The zero-order valence-electron chi connectivity index (χ0n) is 14.9. The lowest BCUT2D eigenvalue weighted by molar-refractivity contribution is -0.141. The van der Waals surface area contributed by atoms with Crippen LogP contribution in [0.4, 0.5) is 0 Å². The number of sulfonamides is 1. The Morgan fingerprint density at radius 2 is 1.85 bits per heavy atom. The zero-order chi connectivity index (χ0) is 19.2. The van der Waals surface area contributed by atoms with Gasteiger partial charge in [0.25, 0.3) is 5.91 Å². The Kier molecular flexibility index (Phi) is 4.83. The summed E-state index contributed by atoms with van der Waals surface area (Å²) in [7, 11) is -3.98. The maximum absolute atomic E-state index is 13.2. The van der Waals surface area contributed by atoms with Crippen LogP contribution in [0, 0.1) is 19.8 Å². The maximum atomic E-state index is 13.2. The van der Waals surface area contributed by atoms with Crippen molar-refractivity contribution in [1.82, 2.24) is 4.90 Å². The van der Waals surface area contributed by atoms with Crippen molar-refractivity contribution in [2.45, 2.75) is 62.9 Å². The Labute approximate surface area is 153 Å². The second-order valence-corrected chi connectivity index (χ2v) is 8.91. The van der Waals surface area contributed by atoms with Crippen LogP contribution >= 0.6 is 0 Å². The number of aryl methyl sites for hydroxylation is 1. The van der Waals surface area contributed by atoms with Gasteiger partial charge >= 0.3 is 5.97 Å². The first-order chi connectivity index (χ1) is 12.1. The molecule has 1 saturated carbocycles. The summed E-state index contributed by atoms with van der Waals surface area (Å²) in [4.78, 5) is 26.3. The Bertz CT molecular complexity index is 865. The van der Waals surface area contributed by atoms with Crippen LogP contribution < -0.4 is 5.14 Å². The Hall–Kier alpha value is -1.93. The van der Waals surface area contributed by atoms with Gasteiger partial charge in [-0.15, -0.1) is 0 Å². The van der Waals surface area contributed by atoms with E-state index >= 15 is 0 Å². The van der Waals surface area contributed by atoms with E-state index in [1.165, 1.54) is 11.0 Å². The summed E-state index contributed by atoms with van der Waals surface area (Å²) in [5, 5.41) is 14.9. The van der Waals surface area contributed by atoms with E-state index in [0.717, 1.165) is 25.7 Å². The largest absolute Gasteiger partial charge is 0.480 e. The molecule has 0 aromatic heterocycles. The topological polar surface area (TPSA) is 118 Å². The third kappa shape index (κ3) is 3.23. The number of aliphatic carboxylic acids is 1. The van der Waals surface area contributed by atoms with Gasteiger partial charge in [-0.25, -0.2) is 18.4 Å². The molecule has 142 valence electrons. The van der Waals surface area contributed by atoms with E-state index in [2.05, 4.69) is 0 Å². The van der Waals surface area contributed by atoms with Crippen molar-refractivity contribution >= 4 is 21.9 Å². The lowest BCUT2D eigenvalue weighted by Crippen LogP contribution is -2.46. The predicted molar refractivity (Wildman–Crippen MR) is 95.2 cm³/mol. The first-order valence-electron chi connectivity index (χ1n) is 8.80. The number of rotatable bonds is 3. The lowest BCUT2D eigenvalue weighted by Gasteiger charge is -2.33. The van der Waals surface area contributed by atoms with E-state index in [0.29, 0.717) is 17.5 Å². The number of carboxylic acid groups (broad SMARTS) is 1. The molecule has 1 aromatic carbocycles. The number of primary sulfonamides is 1. The van der Waals surface area contributed by atoms with E-state index in [1.54, 1.807) is 19.9 Å². The molecule has 1 heterocycles. The van der Waals surface area contributed by atoms with Crippen LogP contribution in [0.3, 0.4) is 0 Å². The van der Waals surface area contributed by atoms with Gasteiger partial charge in [-0.2, -0.15) is 0 Å². The zero-order valence-corrected chi connectivity index (χ0v) is 15.8. The van der Waals surface area contributed by atoms with Crippen LogP contribution in [-0.4, -0.2) is 42.4 Å². The lowest BCUT2D eigenvalue weighted by atomic mass is 9.84. The third-order valence-corrected chi connectivity index (χ3v) is 6.82. The van der Waals surface area contributed by atoms with Crippen molar-refractivity contribution in [2.75, 3.05) is 0 Å². The molecule has 0 unspecified atom stereocenters. The van der Waals surface area contributed by atoms with E-state index in [-0.39, 0.29) is 22.4 Å². The highest BCUT2D eigenvalue weighted by Gasteiger charge is 2.47. The summed E-state index contributed by atoms with van der Waals surface area (Å²) in [5.74, 6) is -1.25. The number of carbonyl (C=O) groups is 2. The molecule has 7 nitrogen and oxygen atoms in total. The normalized spacial score (nSPS) is 25.8. The molecule has 3 N–H and O–H groups in total. The standard InChI is InChI=1S/C18H24N2O5S/c1-10-7-13(9-16(11(10)2)26(19,24)25)17(21)20-14-6-4-3-5-12(14)8-15(20)18(22)23/h7,9,12,14-15H,3-6,8H2,1-2H3,(H,22,23)(H2,19,24,25)/t12-,14-,15-/m0/s1. The fourth-order valence-corrected chi connectivity index (χ4v) is 5.25. The van der Waals surface area contributed by atoms with Crippen molar-refractivity contribution in [3.63, 3.8) is 0 Å². The predicted octanol–water partition coefficient (Wildman–Crippen LogP) is 1.81. The van der Waals surface area contributed by atoms with Gasteiger partial charge in [0.2, 0.25) is 10.0 Å². The van der Waals surface area contributed by atoms with E-state index in [1.807, 2.05) is 0 Å². The first-order valence-corrected chi connectivity index (χ1v) is 10.4. The van der Waals surface area contributed by atoms with Gasteiger partial charge in [0.15, 0.2) is 0 Å². The highest BCUT2D eigenvalue weighted by atomic mass is 32.2. The Balaban J connectivity index is 2.05. The minimum absolute atomic E-state index is 0.0906. The Morgan fingerprint density at radius 1 is 1.19 bits per heavy atom. The van der Waals surface area contributed by atoms with Gasteiger partial charge in [-0.3, -0.25) is 4.79 Å². The molecule has 0 spiro atoms. The highest BCUT2D eigenvalue weighted by molar-refractivity contribution is 7.89. The second kappa shape index (κ2) is 6.66. The summed E-state index contributed by atoms with van der Waals surface area (Å²) in [5.41, 5.74) is 1.30. The molecule has 0 radical (unpaired) electrons. The van der Waals surface area contributed by atoms with Crippen molar-refractivity contribution in [3.05, 3.63) is 28.8 Å². The van der Waals surface area contributed by atoms with Gasteiger partial charge in [0.05, 0.1) is 4.90 Å². The fourth-order valence-electron chi connectivity index (χ4n) is 4.37. The van der Waals surface area contributed by atoms with Crippen LogP contribution in [0.5, 0.6) is 0 Å². The molecule has 1 amide bonds. The molecule has 3 rings (SSSR count). The van der Waals surface area contributed by atoms with Crippen molar-refractivity contribution in [3.8, 4) is 0 Å². The van der Waals surface area contributed by atoms with E-state index in [4.69, 9.17) is 5.14 Å². The van der Waals surface area contributed by atoms with Gasteiger partial charge in [0.1, 0.15) is 6.04 Å². The Morgan fingerprint density at radius 3 is 2.46 bits per heavy atom. The first kappa shape index (κ1) is 18.8. The summed E-state index contributed by atoms with van der Waals surface area (Å²) in [6.45, 7) is 3.35. The van der Waals surface area contributed by atoms with Crippen molar-refractivity contribution < 1.29 is 23.1 Å². The molecule has 0 bridgehead atoms. The average molecular weight is 380 g/mol. The van der Waals surface area contributed by atoms with E-state index < -0.39 is 27.9 Å². The average Bonchev–Trinajstić information content (AvgIpc) is 2.95.